The van der Waals surface area contributed by atoms with E-state index in [1.54, 1.807) is 6.92 Å². The van der Waals surface area contributed by atoms with Crippen LogP contribution in [-0.4, -0.2) is 24.6 Å². The van der Waals surface area contributed by atoms with Gasteiger partial charge in [-0.05, 0) is 62.1 Å². The lowest BCUT2D eigenvalue weighted by atomic mass is 9.99. The fourth-order valence-electron chi connectivity index (χ4n) is 3.00. The van der Waals surface area contributed by atoms with Crippen molar-refractivity contribution in [3.8, 4) is 28.0 Å². The SMILES string of the molecule is CC(=O)c1ccc(-c2ccc(-c3ccc(OCCOC(C)(C)C)cc3)cc2)cc1. The molecule has 0 amide bonds. The summed E-state index contributed by atoms with van der Waals surface area (Å²) in [5.74, 6) is 0.925. The molecule has 0 saturated carbocycles. The van der Waals surface area contributed by atoms with Crippen LogP contribution in [0.15, 0.2) is 72.8 Å². The molecule has 0 unspecified atom stereocenters. The van der Waals surface area contributed by atoms with Crippen molar-refractivity contribution < 1.29 is 14.3 Å². The Kier molecular flexibility index (Phi) is 6.50. The van der Waals surface area contributed by atoms with Gasteiger partial charge in [0, 0.05) is 5.56 Å². The maximum atomic E-state index is 11.4. The van der Waals surface area contributed by atoms with Gasteiger partial charge >= 0.3 is 0 Å². The van der Waals surface area contributed by atoms with Crippen molar-refractivity contribution in [2.45, 2.75) is 33.3 Å². The number of ether oxygens (including phenoxy) is 2. The molecule has 0 N–H and O–H groups in total. The van der Waals surface area contributed by atoms with Crippen LogP contribution >= 0.6 is 0 Å². The van der Waals surface area contributed by atoms with E-state index in [1.807, 2.05) is 57.2 Å². The Labute approximate surface area is 173 Å². The molecular weight excluding hydrogens is 360 g/mol. The molecule has 0 aliphatic heterocycles. The maximum Gasteiger partial charge on any atom is 0.159 e. The van der Waals surface area contributed by atoms with Crippen LogP contribution in [0.5, 0.6) is 5.75 Å². The van der Waals surface area contributed by atoms with Crippen molar-refractivity contribution in [3.63, 3.8) is 0 Å². The average molecular weight is 389 g/mol. The average Bonchev–Trinajstić information content (AvgIpc) is 2.71. The Morgan fingerprint density at radius 1 is 0.690 bits per heavy atom. The smallest absolute Gasteiger partial charge is 0.159 e. The van der Waals surface area contributed by atoms with Gasteiger partial charge in [0.1, 0.15) is 12.4 Å². The first-order valence-corrected chi connectivity index (χ1v) is 9.90. The van der Waals surface area contributed by atoms with Crippen molar-refractivity contribution >= 4 is 5.78 Å². The zero-order valence-electron chi connectivity index (χ0n) is 17.6. The fraction of sp³-hybridized carbons (Fsp3) is 0.269. The van der Waals surface area contributed by atoms with Gasteiger partial charge in [0.25, 0.3) is 0 Å². The third kappa shape index (κ3) is 6.03. The molecule has 0 bridgehead atoms. The van der Waals surface area contributed by atoms with Gasteiger partial charge in [-0.1, -0.05) is 60.7 Å². The lowest BCUT2D eigenvalue weighted by molar-refractivity contribution is -0.0163. The highest BCUT2D eigenvalue weighted by Crippen LogP contribution is 2.26. The van der Waals surface area contributed by atoms with Crippen molar-refractivity contribution in [2.24, 2.45) is 0 Å². The van der Waals surface area contributed by atoms with Crippen LogP contribution in [0.3, 0.4) is 0 Å². The van der Waals surface area contributed by atoms with Crippen LogP contribution < -0.4 is 4.74 Å². The summed E-state index contributed by atoms with van der Waals surface area (Å²) in [4.78, 5) is 11.4. The van der Waals surface area contributed by atoms with E-state index in [0.29, 0.717) is 13.2 Å². The molecule has 29 heavy (non-hydrogen) atoms. The normalized spacial score (nSPS) is 11.3. The number of Topliss-reactive ketones (excluding diaryl/α,β-unsaturated/α-hetero) is 1. The highest BCUT2D eigenvalue weighted by atomic mass is 16.5. The monoisotopic (exact) mass is 388 g/mol. The van der Waals surface area contributed by atoms with Gasteiger partial charge in [0.2, 0.25) is 0 Å². The van der Waals surface area contributed by atoms with E-state index in [2.05, 4.69) is 36.4 Å². The van der Waals surface area contributed by atoms with Crippen LogP contribution in [0.1, 0.15) is 38.1 Å². The molecular formula is C26H28O3. The Bertz CT molecular complexity index is 931. The number of hydrogen-bond acceptors (Lipinski definition) is 3. The van der Waals surface area contributed by atoms with E-state index >= 15 is 0 Å². The number of rotatable bonds is 7. The van der Waals surface area contributed by atoms with E-state index in [4.69, 9.17) is 9.47 Å². The molecule has 0 spiro atoms. The van der Waals surface area contributed by atoms with Crippen molar-refractivity contribution in [3.05, 3.63) is 78.4 Å². The molecule has 3 heteroatoms. The van der Waals surface area contributed by atoms with Gasteiger partial charge in [-0.15, -0.1) is 0 Å². The molecule has 0 aromatic heterocycles. The standard InChI is InChI=1S/C26H28O3/c1-19(27)20-5-7-21(8-6-20)22-9-11-23(12-10-22)24-13-15-25(16-14-24)28-17-18-29-26(2,3)4/h5-16H,17-18H2,1-4H3. The minimum Gasteiger partial charge on any atom is -0.491 e. The third-order valence-electron chi connectivity index (χ3n) is 4.58. The minimum atomic E-state index is -0.144. The Morgan fingerprint density at radius 2 is 1.10 bits per heavy atom. The quantitative estimate of drug-likeness (QED) is 0.346. The first-order chi connectivity index (χ1) is 13.8. The van der Waals surface area contributed by atoms with Crippen molar-refractivity contribution in [2.75, 3.05) is 13.2 Å². The van der Waals surface area contributed by atoms with Gasteiger partial charge in [-0.2, -0.15) is 0 Å². The van der Waals surface area contributed by atoms with Gasteiger partial charge in [-0.25, -0.2) is 0 Å². The number of ketones is 1. The highest BCUT2D eigenvalue weighted by molar-refractivity contribution is 5.94. The summed E-state index contributed by atoms with van der Waals surface area (Å²) < 4.78 is 11.4. The fourth-order valence-corrected chi connectivity index (χ4v) is 3.00. The largest absolute Gasteiger partial charge is 0.491 e. The Balaban J connectivity index is 1.61. The molecule has 0 radical (unpaired) electrons. The van der Waals surface area contributed by atoms with Gasteiger partial charge in [0.15, 0.2) is 5.78 Å². The number of carbonyl (C=O) groups is 1. The second-order valence-corrected chi connectivity index (χ2v) is 8.04. The lowest BCUT2D eigenvalue weighted by Gasteiger charge is -2.19. The predicted octanol–water partition coefficient (Wildman–Crippen LogP) is 6.42. The number of hydrogen-bond donors (Lipinski definition) is 0. The molecule has 3 nitrogen and oxygen atoms in total. The summed E-state index contributed by atoms with van der Waals surface area (Å²) in [5, 5.41) is 0. The number of benzene rings is 3. The maximum absolute atomic E-state index is 11.4. The zero-order chi connectivity index (χ0) is 20.9. The number of carbonyl (C=O) groups excluding carboxylic acids is 1. The summed E-state index contributed by atoms with van der Waals surface area (Å²) in [6, 6.07) is 24.3. The van der Waals surface area contributed by atoms with E-state index in [1.165, 1.54) is 0 Å². The van der Waals surface area contributed by atoms with Gasteiger partial charge < -0.3 is 9.47 Å². The second kappa shape index (κ2) is 9.06. The Hall–Kier alpha value is -2.91. The first-order valence-electron chi connectivity index (χ1n) is 9.90. The van der Waals surface area contributed by atoms with Gasteiger partial charge in [0.05, 0.1) is 12.2 Å². The van der Waals surface area contributed by atoms with Crippen molar-refractivity contribution in [1.29, 1.82) is 0 Å². The lowest BCUT2D eigenvalue weighted by Crippen LogP contribution is -2.22. The molecule has 150 valence electrons. The molecule has 0 atom stereocenters. The molecule has 0 saturated heterocycles. The molecule has 0 aliphatic rings. The Morgan fingerprint density at radius 3 is 1.52 bits per heavy atom. The third-order valence-corrected chi connectivity index (χ3v) is 4.58. The zero-order valence-corrected chi connectivity index (χ0v) is 17.6. The van der Waals surface area contributed by atoms with E-state index < -0.39 is 0 Å². The molecule has 3 rings (SSSR count). The van der Waals surface area contributed by atoms with Crippen LogP contribution in [-0.2, 0) is 4.74 Å². The molecule has 3 aromatic rings. The van der Waals surface area contributed by atoms with Crippen LogP contribution in [0, 0.1) is 0 Å². The van der Waals surface area contributed by atoms with E-state index in [-0.39, 0.29) is 11.4 Å². The van der Waals surface area contributed by atoms with Gasteiger partial charge in [-0.3, -0.25) is 4.79 Å². The summed E-state index contributed by atoms with van der Waals surface area (Å²) in [7, 11) is 0. The summed E-state index contributed by atoms with van der Waals surface area (Å²) in [5.41, 5.74) is 5.11. The van der Waals surface area contributed by atoms with E-state index in [9.17, 15) is 4.79 Å². The summed E-state index contributed by atoms with van der Waals surface area (Å²) in [6.07, 6.45) is 0. The van der Waals surface area contributed by atoms with Crippen molar-refractivity contribution in [1.82, 2.24) is 0 Å². The minimum absolute atomic E-state index is 0.0843. The summed E-state index contributed by atoms with van der Waals surface area (Å²) >= 11 is 0. The first kappa shape index (κ1) is 20.8. The molecule has 0 aliphatic carbocycles. The topological polar surface area (TPSA) is 35.5 Å². The van der Waals surface area contributed by atoms with Crippen LogP contribution in [0.4, 0.5) is 0 Å². The second-order valence-electron chi connectivity index (χ2n) is 8.04. The van der Waals surface area contributed by atoms with Crippen LogP contribution in [0.2, 0.25) is 0 Å². The molecule has 0 heterocycles. The van der Waals surface area contributed by atoms with E-state index in [0.717, 1.165) is 33.6 Å². The molecule has 0 fully saturated rings. The molecule has 3 aromatic carbocycles. The predicted molar refractivity (Wildman–Crippen MR) is 119 cm³/mol. The summed E-state index contributed by atoms with van der Waals surface area (Å²) in [6.45, 7) is 8.80. The van der Waals surface area contributed by atoms with Crippen LogP contribution in [0.25, 0.3) is 22.3 Å². The highest BCUT2D eigenvalue weighted by Gasteiger charge is 2.09.